The Bertz CT molecular complexity index is 869. The fraction of sp³-hybridized carbons (Fsp3) is 0.240. The summed E-state index contributed by atoms with van der Waals surface area (Å²) in [5, 5.41) is 12.7. The van der Waals surface area contributed by atoms with Crippen molar-refractivity contribution in [3.63, 3.8) is 0 Å². The van der Waals surface area contributed by atoms with Gasteiger partial charge in [-0.05, 0) is 79.7 Å². The van der Waals surface area contributed by atoms with Gasteiger partial charge in [0.25, 0.3) is 0 Å². The molecule has 1 aromatic heterocycles. The van der Waals surface area contributed by atoms with Crippen molar-refractivity contribution in [1.82, 2.24) is 10.3 Å². The summed E-state index contributed by atoms with van der Waals surface area (Å²) in [7, 11) is 1.98. The number of aromatic hydroxyl groups is 1. The van der Waals surface area contributed by atoms with Crippen LogP contribution in [0.1, 0.15) is 28.8 Å². The maximum atomic E-state index is 9.53. The van der Waals surface area contributed by atoms with Crippen LogP contribution in [0.4, 0.5) is 0 Å². The normalized spacial score (nSPS) is 11.5. The summed E-state index contributed by atoms with van der Waals surface area (Å²) < 4.78 is 0. The maximum Gasteiger partial charge on any atom is 0.115 e. The Labute approximate surface area is 167 Å². The molecule has 144 valence electrons. The predicted molar refractivity (Wildman–Crippen MR) is 116 cm³/mol. The third-order valence-corrected chi connectivity index (χ3v) is 4.81. The predicted octanol–water partition coefficient (Wildman–Crippen LogP) is 4.81. The fourth-order valence-corrected chi connectivity index (χ4v) is 3.19. The number of aromatic nitrogens is 1. The van der Waals surface area contributed by atoms with Crippen LogP contribution in [-0.4, -0.2) is 23.7 Å². The van der Waals surface area contributed by atoms with Gasteiger partial charge < -0.3 is 10.4 Å². The summed E-state index contributed by atoms with van der Waals surface area (Å²) in [5.74, 6) is 0.301. The van der Waals surface area contributed by atoms with Gasteiger partial charge in [0.2, 0.25) is 0 Å². The first-order valence-corrected chi connectivity index (χ1v) is 9.85. The molecule has 3 nitrogen and oxygen atoms in total. The number of phenols is 1. The number of rotatable bonds is 9. The van der Waals surface area contributed by atoms with E-state index in [2.05, 4.69) is 52.8 Å². The van der Waals surface area contributed by atoms with Crippen LogP contribution in [0, 0.1) is 0 Å². The average Bonchev–Trinajstić information content (AvgIpc) is 2.74. The Kier molecular flexibility index (Phi) is 7.39. The number of phenolic OH excluding ortho intramolecular Hbond substituents is 1. The Hall–Kier alpha value is -2.91. The van der Waals surface area contributed by atoms with E-state index < -0.39 is 0 Å². The average molecular weight is 373 g/mol. The number of nitrogens with one attached hydrogen (secondary N) is 1. The van der Waals surface area contributed by atoms with E-state index in [1.165, 1.54) is 22.3 Å². The monoisotopic (exact) mass is 372 g/mol. The van der Waals surface area contributed by atoms with E-state index >= 15 is 0 Å². The lowest BCUT2D eigenvalue weighted by Crippen LogP contribution is -2.08. The minimum Gasteiger partial charge on any atom is -0.508 e. The van der Waals surface area contributed by atoms with Gasteiger partial charge in [-0.2, -0.15) is 0 Å². The van der Waals surface area contributed by atoms with E-state index in [4.69, 9.17) is 0 Å². The topological polar surface area (TPSA) is 45.1 Å². The minimum atomic E-state index is 0.301. The van der Waals surface area contributed by atoms with Crippen molar-refractivity contribution in [1.29, 1.82) is 0 Å². The zero-order chi connectivity index (χ0) is 19.6. The molecule has 0 aliphatic carbocycles. The largest absolute Gasteiger partial charge is 0.508 e. The van der Waals surface area contributed by atoms with Gasteiger partial charge in [0.15, 0.2) is 0 Å². The molecule has 2 N–H and O–H groups in total. The molecule has 0 unspecified atom stereocenters. The zero-order valence-electron chi connectivity index (χ0n) is 16.4. The summed E-state index contributed by atoms with van der Waals surface area (Å²) in [4.78, 5) is 4.61. The summed E-state index contributed by atoms with van der Waals surface area (Å²) >= 11 is 0. The van der Waals surface area contributed by atoms with Gasteiger partial charge in [-0.25, -0.2) is 0 Å². The highest BCUT2D eigenvalue weighted by Crippen LogP contribution is 2.22. The van der Waals surface area contributed by atoms with Crippen molar-refractivity contribution < 1.29 is 5.11 Å². The number of pyridine rings is 1. The molecule has 0 bridgehead atoms. The highest BCUT2D eigenvalue weighted by molar-refractivity contribution is 5.68. The molecule has 0 radical (unpaired) electrons. The van der Waals surface area contributed by atoms with E-state index in [9.17, 15) is 5.11 Å². The van der Waals surface area contributed by atoms with Gasteiger partial charge in [-0.15, -0.1) is 0 Å². The molecule has 0 atom stereocenters. The summed E-state index contributed by atoms with van der Waals surface area (Å²) in [5.41, 5.74) is 6.06. The molecule has 0 aliphatic rings. The van der Waals surface area contributed by atoms with Crippen molar-refractivity contribution in [3.05, 3.63) is 101 Å². The zero-order valence-corrected chi connectivity index (χ0v) is 16.4. The van der Waals surface area contributed by atoms with E-state index in [1.807, 2.05) is 31.4 Å². The van der Waals surface area contributed by atoms with Crippen LogP contribution >= 0.6 is 0 Å². The second-order valence-corrected chi connectivity index (χ2v) is 7.01. The number of allylic oxidation sites excluding steroid dienone is 2. The number of benzene rings is 2. The van der Waals surface area contributed by atoms with Gasteiger partial charge in [0.05, 0.1) is 0 Å². The molecule has 3 heteroatoms. The van der Waals surface area contributed by atoms with E-state index in [0.717, 1.165) is 37.9 Å². The molecule has 3 aromatic rings. The van der Waals surface area contributed by atoms with Gasteiger partial charge in [-0.3, -0.25) is 4.98 Å². The van der Waals surface area contributed by atoms with Crippen molar-refractivity contribution in [3.8, 4) is 5.75 Å². The lowest BCUT2D eigenvalue weighted by atomic mass is 9.96. The molecule has 0 saturated heterocycles. The minimum absolute atomic E-state index is 0.301. The number of aryl methyl sites for hydroxylation is 1. The number of nitrogens with zero attached hydrogens (tertiary/aromatic N) is 1. The Balaban J connectivity index is 1.72. The molecule has 1 heterocycles. The van der Waals surface area contributed by atoms with Crippen molar-refractivity contribution in [2.75, 3.05) is 13.6 Å². The molecule has 0 amide bonds. The summed E-state index contributed by atoms with van der Waals surface area (Å²) in [6.45, 7) is 1.02. The third-order valence-electron chi connectivity index (χ3n) is 4.81. The number of hydrogen-bond donors (Lipinski definition) is 2. The van der Waals surface area contributed by atoms with E-state index in [-0.39, 0.29) is 0 Å². The standard InChI is InChI=1S/C25H28N2O/c1-26-17-5-8-24-14-10-21(19-27-24)9-13-23(22-6-3-2-4-7-22)18-20-11-15-25(28)16-12-20/h2-4,6-7,10-16,19,26,28H,5,8-9,17-18H2,1H3. The van der Waals surface area contributed by atoms with Gasteiger partial charge in [0.1, 0.15) is 5.75 Å². The first kappa shape index (κ1) is 19.8. The van der Waals surface area contributed by atoms with Crippen LogP contribution in [0.15, 0.2) is 79.0 Å². The molecule has 3 rings (SSSR count). The first-order valence-electron chi connectivity index (χ1n) is 9.85. The van der Waals surface area contributed by atoms with Crippen molar-refractivity contribution in [2.45, 2.75) is 25.7 Å². The van der Waals surface area contributed by atoms with Gasteiger partial charge in [-0.1, -0.05) is 54.6 Å². The quantitative estimate of drug-likeness (QED) is 0.530. The van der Waals surface area contributed by atoms with Crippen molar-refractivity contribution in [2.24, 2.45) is 0 Å². The fourth-order valence-electron chi connectivity index (χ4n) is 3.19. The Morgan fingerprint density at radius 3 is 2.39 bits per heavy atom. The summed E-state index contributed by atoms with van der Waals surface area (Å²) in [6, 6.07) is 22.2. The maximum absolute atomic E-state index is 9.53. The van der Waals surface area contributed by atoms with Crippen molar-refractivity contribution >= 4 is 5.57 Å². The smallest absolute Gasteiger partial charge is 0.115 e. The van der Waals surface area contributed by atoms with Crippen LogP contribution in [-0.2, 0) is 19.3 Å². The van der Waals surface area contributed by atoms with Crippen LogP contribution in [0.5, 0.6) is 5.75 Å². The lowest BCUT2D eigenvalue weighted by Gasteiger charge is -2.09. The van der Waals surface area contributed by atoms with Gasteiger partial charge in [0, 0.05) is 11.9 Å². The number of hydrogen-bond acceptors (Lipinski definition) is 3. The third kappa shape index (κ3) is 6.07. The molecular weight excluding hydrogens is 344 g/mol. The molecule has 2 aromatic carbocycles. The van der Waals surface area contributed by atoms with Crippen LogP contribution in [0.3, 0.4) is 0 Å². The molecule has 28 heavy (non-hydrogen) atoms. The Morgan fingerprint density at radius 2 is 1.71 bits per heavy atom. The highest BCUT2D eigenvalue weighted by atomic mass is 16.3. The first-order chi connectivity index (χ1) is 13.7. The second-order valence-electron chi connectivity index (χ2n) is 7.01. The van der Waals surface area contributed by atoms with Gasteiger partial charge >= 0.3 is 0 Å². The highest BCUT2D eigenvalue weighted by Gasteiger charge is 2.04. The Morgan fingerprint density at radius 1 is 0.964 bits per heavy atom. The lowest BCUT2D eigenvalue weighted by molar-refractivity contribution is 0.475. The second kappa shape index (κ2) is 10.4. The summed E-state index contributed by atoms with van der Waals surface area (Å²) in [6.07, 6.45) is 8.08. The van der Waals surface area contributed by atoms with E-state index in [1.54, 1.807) is 12.1 Å². The molecular formula is C25H28N2O. The molecule has 0 aliphatic heterocycles. The molecule has 0 saturated carbocycles. The SMILES string of the molecule is CNCCCc1ccc(CC=C(Cc2ccc(O)cc2)c2ccccc2)cn1. The van der Waals surface area contributed by atoms with E-state index in [0.29, 0.717) is 5.75 Å². The van der Waals surface area contributed by atoms with Crippen LogP contribution < -0.4 is 5.32 Å². The molecule has 0 fully saturated rings. The molecule has 0 spiro atoms. The van der Waals surface area contributed by atoms with Crippen LogP contribution in [0.25, 0.3) is 5.57 Å². The van der Waals surface area contributed by atoms with Crippen LogP contribution in [0.2, 0.25) is 0 Å².